The first-order chi connectivity index (χ1) is 7.18. The van der Waals surface area contributed by atoms with E-state index in [-0.39, 0.29) is 0 Å². The smallest absolute Gasteiger partial charge is 0.122 e. The molecule has 1 heterocycles. The summed E-state index contributed by atoms with van der Waals surface area (Å²) in [6, 6.07) is 5.97. The van der Waals surface area contributed by atoms with Crippen molar-refractivity contribution >= 4 is 0 Å². The van der Waals surface area contributed by atoms with Crippen molar-refractivity contribution in [1.29, 1.82) is 0 Å². The first-order valence-electron chi connectivity index (χ1n) is 5.63. The van der Waals surface area contributed by atoms with Crippen LogP contribution in [0.25, 0.3) is 0 Å². The third kappa shape index (κ3) is 2.20. The Balaban J connectivity index is 2.31. The Morgan fingerprint density at radius 2 is 2.27 bits per heavy atom. The van der Waals surface area contributed by atoms with Crippen LogP contribution >= 0.6 is 0 Å². The van der Waals surface area contributed by atoms with E-state index in [1.807, 2.05) is 18.2 Å². The lowest BCUT2D eigenvalue weighted by atomic mass is 9.92. The van der Waals surface area contributed by atoms with Crippen LogP contribution in [-0.2, 0) is 0 Å². The molecule has 1 aromatic rings. The molecule has 82 valence electrons. The monoisotopic (exact) mass is 207 g/mol. The lowest BCUT2D eigenvalue weighted by molar-refractivity contribution is 0.374. The van der Waals surface area contributed by atoms with Crippen molar-refractivity contribution in [2.45, 2.75) is 32.4 Å². The fraction of sp³-hybridized carbons (Fsp3) is 0.538. The number of nitrogens with one attached hydrogen (secondary N) is 1. The number of alkyl halides is 1. The van der Waals surface area contributed by atoms with Gasteiger partial charge in [0.25, 0.3) is 0 Å². The zero-order valence-corrected chi connectivity index (χ0v) is 9.39. The van der Waals surface area contributed by atoms with Gasteiger partial charge in [-0.3, -0.25) is 0 Å². The van der Waals surface area contributed by atoms with E-state index < -0.39 is 6.17 Å². The second kappa shape index (κ2) is 4.31. The molecule has 15 heavy (non-hydrogen) atoms. The van der Waals surface area contributed by atoms with Crippen molar-refractivity contribution in [3.8, 4) is 0 Å². The van der Waals surface area contributed by atoms with Crippen molar-refractivity contribution in [3.05, 3.63) is 34.9 Å². The molecule has 2 unspecified atom stereocenters. The summed E-state index contributed by atoms with van der Waals surface area (Å²) in [4.78, 5) is 0. The highest BCUT2D eigenvalue weighted by Crippen LogP contribution is 2.28. The minimum Gasteiger partial charge on any atom is -0.316 e. The number of aryl methyl sites for hydroxylation is 1. The number of benzene rings is 1. The Bertz CT molecular complexity index is 340. The average Bonchev–Trinajstić information content (AvgIpc) is 2.71. The molecule has 2 rings (SSSR count). The molecule has 0 aromatic heterocycles. The van der Waals surface area contributed by atoms with Gasteiger partial charge in [0, 0.05) is 6.54 Å². The number of hydrogen-bond donors (Lipinski definition) is 1. The first-order valence-corrected chi connectivity index (χ1v) is 5.63. The standard InChI is InChI=1S/C13H18FN/c1-9-3-4-11(10(2)14)7-13(9)12-5-6-15-8-12/h3-4,7,10,12,15H,5-6,8H2,1-2H3. The van der Waals surface area contributed by atoms with Crippen LogP contribution in [0, 0.1) is 6.92 Å². The predicted octanol–water partition coefficient (Wildman–Crippen LogP) is 3.10. The highest BCUT2D eigenvalue weighted by Gasteiger charge is 2.19. The number of halogens is 1. The van der Waals surface area contributed by atoms with Gasteiger partial charge in [-0.25, -0.2) is 4.39 Å². The molecule has 1 fully saturated rings. The molecule has 0 saturated carbocycles. The maximum absolute atomic E-state index is 13.2. The molecule has 1 aliphatic heterocycles. The van der Waals surface area contributed by atoms with E-state index in [9.17, 15) is 4.39 Å². The molecule has 1 saturated heterocycles. The Morgan fingerprint density at radius 1 is 1.47 bits per heavy atom. The van der Waals surface area contributed by atoms with E-state index in [2.05, 4.69) is 12.2 Å². The fourth-order valence-corrected chi connectivity index (χ4v) is 2.27. The molecule has 1 N–H and O–H groups in total. The van der Waals surface area contributed by atoms with Gasteiger partial charge in [0.15, 0.2) is 0 Å². The molecule has 0 radical (unpaired) electrons. The largest absolute Gasteiger partial charge is 0.316 e. The van der Waals surface area contributed by atoms with Crippen LogP contribution in [0.15, 0.2) is 18.2 Å². The molecule has 2 heteroatoms. The summed E-state index contributed by atoms with van der Waals surface area (Å²) in [5, 5.41) is 3.35. The SMILES string of the molecule is Cc1ccc(C(C)F)cc1C1CCNC1. The third-order valence-corrected chi connectivity index (χ3v) is 3.26. The fourth-order valence-electron chi connectivity index (χ4n) is 2.27. The molecule has 0 spiro atoms. The normalized spacial score (nSPS) is 23.0. The van der Waals surface area contributed by atoms with Crippen LogP contribution in [0.3, 0.4) is 0 Å². The van der Waals surface area contributed by atoms with Gasteiger partial charge in [-0.15, -0.1) is 0 Å². The van der Waals surface area contributed by atoms with E-state index in [0.717, 1.165) is 18.7 Å². The second-order valence-corrected chi connectivity index (χ2v) is 4.42. The maximum Gasteiger partial charge on any atom is 0.122 e. The number of rotatable bonds is 2. The van der Waals surface area contributed by atoms with Gasteiger partial charge in [-0.2, -0.15) is 0 Å². The van der Waals surface area contributed by atoms with Gasteiger partial charge in [0.2, 0.25) is 0 Å². The zero-order chi connectivity index (χ0) is 10.8. The van der Waals surface area contributed by atoms with E-state index in [1.54, 1.807) is 6.92 Å². The minimum atomic E-state index is -0.862. The quantitative estimate of drug-likeness (QED) is 0.785. The zero-order valence-electron chi connectivity index (χ0n) is 9.39. The van der Waals surface area contributed by atoms with Gasteiger partial charge in [-0.1, -0.05) is 18.2 Å². The van der Waals surface area contributed by atoms with E-state index in [0.29, 0.717) is 5.92 Å². The number of hydrogen-bond acceptors (Lipinski definition) is 1. The lowest BCUT2D eigenvalue weighted by Crippen LogP contribution is -2.09. The summed E-state index contributed by atoms with van der Waals surface area (Å²) in [5.74, 6) is 0.573. The van der Waals surface area contributed by atoms with Crippen molar-refractivity contribution in [3.63, 3.8) is 0 Å². The van der Waals surface area contributed by atoms with Crippen LogP contribution in [0.5, 0.6) is 0 Å². The second-order valence-electron chi connectivity index (χ2n) is 4.42. The minimum absolute atomic E-state index is 0.573. The summed E-state index contributed by atoms with van der Waals surface area (Å²) in [7, 11) is 0. The molecule has 0 amide bonds. The van der Waals surface area contributed by atoms with E-state index >= 15 is 0 Å². The van der Waals surface area contributed by atoms with Gasteiger partial charge in [-0.05, 0) is 49.4 Å². The summed E-state index contributed by atoms with van der Waals surface area (Å²) < 4.78 is 13.2. The summed E-state index contributed by atoms with van der Waals surface area (Å²) in [6.45, 7) is 5.83. The van der Waals surface area contributed by atoms with E-state index in [1.165, 1.54) is 17.5 Å². The van der Waals surface area contributed by atoms with Crippen LogP contribution < -0.4 is 5.32 Å². The highest BCUT2D eigenvalue weighted by atomic mass is 19.1. The molecule has 2 atom stereocenters. The Labute approximate surface area is 90.7 Å². The van der Waals surface area contributed by atoms with Crippen LogP contribution in [0.2, 0.25) is 0 Å². The molecular weight excluding hydrogens is 189 g/mol. The highest BCUT2D eigenvalue weighted by molar-refractivity contribution is 5.35. The summed E-state index contributed by atoms with van der Waals surface area (Å²) >= 11 is 0. The topological polar surface area (TPSA) is 12.0 Å². The van der Waals surface area contributed by atoms with Crippen LogP contribution in [0.1, 0.15) is 42.1 Å². The van der Waals surface area contributed by atoms with Crippen molar-refractivity contribution < 1.29 is 4.39 Å². The lowest BCUT2D eigenvalue weighted by Gasteiger charge is -2.14. The van der Waals surface area contributed by atoms with Gasteiger partial charge < -0.3 is 5.32 Å². The third-order valence-electron chi connectivity index (χ3n) is 3.26. The molecule has 1 aliphatic rings. The van der Waals surface area contributed by atoms with Crippen molar-refractivity contribution in [2.75, 3.05) is 13.1 Å². The van der Waals surface area contributed by atoms with Gasteiger partial charge in [0.05, 0.1) is 0 Å². The molecule has 1 nitrogen and oxygen atoms in total. The molecule has 1 aromatic carbocycles. The van der Waals surface area contributed by atoms with E-state index in [4.69, 9.17) is 0 Å². The Morgan fingerprint density at radius 3 is 2.87 bits per heavy atom. The Kier molecular flexibility index (Phi) is 3.06. The van der Waals surface area contributed by atoms with Crippen molar-refractivity contribution in [1.82, 2.24) is 5.32 Å². The first kappa shape index (κ1) is 10.6. The van der Waals surface area contributed by atoms with Gasteiger partial charge in [0.1, 0.15) is 6.17 Å². The van der Waals surface area contributed by atoms with Crippen LogP contribution in [-0.4, -0.2) is 13.1 Å². The Hall–Kier alpha value is -0.890. The molecule has 0 aliphatic carbocycles. The predicted molar refractivity (Wildman–Crippen MR) is 60.9 cm³/mol. The summed E-state index contributed by atoms with van der Waals surface area (Å²) in [6.07, 6.45) is 0.309. The molecule has 0 bridgehead atoms. The van der Waals surface area contributed by atoms with Crippen LogP contribution in [0.4, 0.5) is 4.39 Å². The average molecular weight is 207 g/mol. The summed E-state index contributed by atoms with van der Waals surface area (Å²) in [5.41, 5.74) is 3.41. The van der Waals surface area contributed by atoms with Gasteiger partial charge >= 0.3 is 0 Å². The molecular formula is C13H18FN. The maximum atomic E-state index is 13.2. The van der Waals surface area contributed by atoms with Crippen molar-refractivity contribution in [2.24, 2.45) is 0 Å².